The molecule has 1 saturated heterocycles. The van der Waals surface area contributed by atoms with E-state index >= 15 is 0 Å². The molecule has 2 rings (SSSR count). The van der Waals surface area contributed by atoms with Gasteiger partial charge in [0.05, 0.1) is 0 Å². The number of carbonyl (C=O) groups is 4. The number of hydrogen-bond donors (Lipinski definition) is 2. The molecule has 9 nitrogen and oxygen atoms in total. The number of β-lactam (4-membered cyclic amide) rings is 1. The highest BCUT2D eigenvalue weighted by Gasteiger charge is 2.54. The average molecular weight is 453 g/mol. The SMILES string of the molecule is CC(C)C(=O)S[C@H]1[C@@H](NC(=O)COc2ccccc2)C(=O)N1C(O)C(=O)OC(C)(C)C. The number of esters is 1. The number of nitrogens with one attached hydrogen (secondary N) is 1. The normalized spacial score (nSPS) is 19.5. The van der Waals surface area contributed by atoms with Gasteiger partial charge in [-0.2, -0.15) is 0 Å². The highest BCUT2D eigenvalue weighted by molar-refractivity contribution is 8.14. The van der Waals surface area contributed by atoms with Gasteiger partial charge in [0.15, 0.2) is 11.7 Å². The van der Waals surface area contributed by atoms with Crippen molar-refractivity contribution in [2.45, 2.75) is 57.9 Å². The summed E-state index contributed by atoms with van der Waals surface area (Å²) in [5, 5.41) is 11.7. The number of aliphatic hydroxyl groups is 1. The quantitative estimate of drug-likeness (QED) is 0.447. The Morgan fingerprint density at radius 3 is 2.35 bits per heavy atom. The van der Waals surface area contributed by atoms with E-state index in [9.17, 15) is 24.3 Å². The van der Waals surface area contributed by atoms with Crippen LogP contribution in [0.4, 0.5) is 0 Å². The molecule has 0 bridgehead atoms. The zero-order valence-electron chi connectivity index (χ0n) is 18.2. The molecule has 2 N–H and O–H groups in total. The van der Waals surface area contributed by atoms with E-state index in [0.29, 0.717) is 5.75 Å². The van der Waals surface area contributed by atoms with Gasteiger partial charge in [0.2, 0.25) is 6.23 Å². The monoisotopic (exact) mass is 452 g/mol. The van der Waals surface area contributed by atoms with Crippen LogP contribution in [0.5, 0.6) is 5.75 Å². The fourth-order valence-corrected chi connectivity index (χ4v) is 3.77. The number of thioether (sulfide) groups is 1. The lowest BCUT2D eigenvalue weighted by Crippen LogP contribution is -2.73. The van der Waals surface area contributed by atoms with Gasteiger partial charge in [0.25, 0.3) is 11.8 Å². The standard InChI is InChI=1S/C21H28N2O7S/c1-12(2)20(28)31-18-15(22-14(24)11-29-13-9-7-6-8-10-13)16(25)23(18)17(26)19(27)30-21(3,4)5/h6-10,12,15,17-18,26H,11H2,1-5H3,(H,22,24)/t15-,17?,18-/m0/s1. The van der Waals surface area contributed by atoms with Crippen molar-refractivity contribution in [3.05, 3.63) is 30.3 Å². The molecule has 0 aromatic heterocycles. The smallest absolute Gasteiger partial charge is 0.357 e. The van der Waals surface area contributed by atoms with Gasteiger partial charge < -0.3 is 19.9 Å². The molecule has 10 heteroatoms. The molecule has 0 aliphatic carbocycles. The van der Waals surface area contributed by atoms with E-state index in [2.05, 4.69) is 5.32 Å². The van der Waals surface area contributed by atoms with Crippen LogP contribution >= 0.6 is 11.8 Å². The summed E-state index contributed by atoms with van der Waals surface area (Å²) in [6.07, 6.45) is -1.89. The van der Waals surface area contributed by atoms with Gasteiger partial charge in [-0.05, 0) is 32.9 Å². The molecule has 170 valence electrons. The van der Waals surface area contributed by atoms with Crippen molar-refractivity contribution in [1.29, 1.82) is 0 Å². The van der Waals surface area contributed by atoms with E-state index in [4.69, 9.17) is 9.47 Å². The van der Waals surface area contributed by atoms with Gasteiger partial charge >= 0.3 is 5.97 Å². The fourth-order valence-electron chi connectivity index (χ4n) is 2.61. The number of ether oxygens (including phenoxy) is 2. The number of amides is 2. The summed E-state index contributed by atoms with van der Waals surface area (Å²) in [5.74, 6) is -2.14. The molecule has 0 radical (unpaired) electrons. The number of rotatable bonds is 8. The van der Waals surface area contributed by atoms with Crippen molar-refractivity contribution in [1.82, 2.24) is 10.2 Å². The third kappa shape index (κ3) is 6.70. The van der Waals surface area contributed by atoms with Gasteiger partial charge in [0.1, 0.15) is 22.8 Å². The van der Waals surface area contributed by atoms with Crippen LogP contribution in [0.3, 0.4) is 0 Å². The van der Waals surface area contributed by atoms with Gasteiger partial charge in [0, 0.05) is 5.92 Å². The summed E-state index contributed by atoms with van der Waals surface area (Å²) < 4.78 is 10.5. The summed E-state index contributed by atoms with van der Waals surface area (Å²) >= 11 is 0.777. The molecule has 1 unspecified atom stereocenters. The molecule has 1 heterocycles. The van der Waals surface area contributed by atoms with Crippen LogP contribution in [0.25, 0.3) is 0 Å². The minimum absolute atomic E-state index is 0.251. The van der Waals surface area contributed by atoms with Crippen molar-refractivity contribution < 1.29 is 33.8 Å². The lowest BCUT2D eigenvalue weighted by molar-refractivity contribution is -0.189. The first-order valence-corrected chi connectivity index (χ1v) is 10.7. The Morgan fingerprint density at radius 2 is 1.81 bits per heavy atom. The van der Waals surface area contributed by atoms with Crippen molar-refractivity contribution in [3.8, 4) is 5.75 Å². The number of nitrogens with zero attached hydrogens (tertiary/aromatic N) is 1. The third-order valence-corrected chi connectivity index (χ3v) is 5.54. The van der Waals surface area contributed by atoms with Crippen molar-refractivity contribution in [3.63, 3.8) is 0 Å². The van der Waals surface area contributed by atoms with Crippen LogP contribution in [-0.4, -0.2) is 62.8 Å². The number of hydrogen-bond acceptors (Lipinski definition) is 8. The Labute approximate surface area is 185 Å². The van der Waals surface area contributed by atoms with Crippen LogP contribution in [0.2, 0.25) is 0 Å². The van der Waals surface area contributed by atoms with Gasteiger partial charge in [-0.3, -0.25) is 19.3 Å². The molecule has 1 aromatic carbocycles. The topological polar surface area (TPSA) is 122 Å². The van der Waals surface area contributed by atoms with Crippen LogP contribution < -0.4 is 10.1 Å². The van der Waals surface area contributed by atoms with Crippen molar-refractivity contribution in [2.75, 3.05) is 6.61 Å². The summed E-state index contributed by atoms with van der Waals surface area (Å²) in [6.45, 7) is 7.91. The van der Waals surface area contributed by atoms with E-state index in [1.165, 1.54) is 0 Å². The van der Waals surface area contributed by atoms with Crippen LogP contribution in [0.1, 0.15) is 34.6 Å². The minimum atomic E-state index is -1.89. The molecule has 31 heavy (non-hydrogen) atoms. The Bertz CT molecular complexity index is 823. The summed E-state index contributed by atoms with van der Waals surface area (Å²) in [5.41, 5.74) is -0.870. The molecule has 1 aliphatic heterocycles. The van der Waals surface area contributed by atoms with E-state index in [1.54, 1.807) is 65.0 Å². The highest BCUT2D eigenvalue weighted by Crippen LogP contribution is 2.34. The second-order valence-electron chi connectivity index (χ2n) is 8.28. The Hall–Kier alpha value is -2.59. The maximum absolute atomic E-state index is 12.6. The second-order valence-corrected chi connectivity index (χ2v) is 9.40. The molecule has 1 aliphatic rings. The maximum Gasteiger partial charge on any atom is 0.357 e. The average Bonchev–Trinajstić information content (AvgIpc) is 2.69. The molecule has 0 saturated carbocycles. The van der Waals surface area contributed by atoms with E-state index in [-0.39, 0.29) is 17.6 Å². The Morgan fingerprint density at radius 1 is 1.19 bits per heavy atom. The first-order valence-electron chi connectivity index (χ1n) is 9.81. The molecule has 1 aromatic rings. The predicted octanol–water partition coefficient (Wildman–Crippen LogP) is 1.29. The molecule has 0 spiro atoms. The highest BCUT2D eigenvalue weighted by atomic mass is 32.2. The molecular formula is C21H28N2O7S. The van der Waals surface area contributed by atoms with E-state index in [1.807, 2.05) is 0 Å². The molecular weight excluding hydrogens is 424 g/mol. The number of para-hydroxylation sites is 1. The number of aliphatic hydroxyl groups excluding tert-OH is 1. The molecule has 1 fully saturated rings. The fraction of sp³-hybridized carbons (Fsp3) is 0.524. The maximum atomic E-state index is 12.6. The summed E-state index contributed by atoms with van der Waals surface area (Å²) in [4.78, 5) is 50.2. The zero-order valence-corrected chi connectivity index (χ0v) is 19.0. The molecule has 2 amide bonds. The number of benzene rings is 1. The first kappa shape index (κ1) is 24.7. The van der Waals surface area contributed by atoms with Gasteiger partial charge in [-0.15, -0.1) is 0 Å². The minimum Gasteiger partial charge on any atom is -0.484 e. The van der Waals surface area contributed by atoms with Gasteiger partial charge in [-0.1, -0.05) is 43.8 Å². The summed E-state index contributed by atoms with van der Waals surface area (Å²) in [6, 6.07) is 7.59. The Kier molecular flexibility index (Phi) is 8.08. The second kappa shape index (κ2) is 10.1. The van der Waals surface area contributed by atoms with E-state index in [0.717, 1.165) is 16.7 Å². The zero-order chi connectivity index (χ0) is 23.3. The largest absolute Gasteiger partial charge is 0.484 e. The number of likely N-dealkylation sites (tertiary alicyclic amines) is 1. The van der Waals surface area contributed by atoms with Crippen LogP contribution in [-0.2, 0) is 23.9 Å². The molecule has 3 atom stereocenters. The number of carbonyl (C=O) groups excluding carboxylic acids is 4. The summed E-state index contributed by atoms with van der Waals surface area (Å²) in [7, 11) is 0. The van der Waals surface area contributed by atoms with Crippen molar-refractivity contribution >= 4 is 34.7 Å². The van der Waals surface area contributed by atoms with Crippen molar-refractivity contribution in [2.24, 2.45) is 5.92 Å². The Balaban J connectivity index is 2.07. The first-order chi connectivity index (χ1) is 14.4. The van der Waals surface area contributed by atoms with Gasteiger partial charge in [-0.25, -0.2) is 4.79 Å². The van der Waals surface area contributed by atoms with Crippen LogP contribution in [0.15, 0.2) is 30.3 Å². The van der Waals surface area contributed by atoms with E-state index < -0.39 is 41.0 Å². The lowest BCUT2D eigenvalue weighted by atomic mass is 10.1. The third-order valence-electron chi connectivity index (χ3n) is 4.10. The van der Waals surface area contributed by atoms with Crippen LogP contribution in [0, 0.1) is 5.92 Å². The predicted molar refractivity (Wildman–Crippen MR) is 114 cm³/mol. The lowest BCUT2D eigenvalue weighted by Gasteiger charge is -2.47.